The summed E-state index contributed by atoms with van der Waals surface area (Å²) in [4.78, 5) is 28.9. The Labute approximate surface area is 111 Å². The van der Waals surface area contributed by atoms with Gasteiger partial charge in [0.05, 0.1) is 6.33 Å². The van der Waals surface area contributed by atoms with Crippen molar-refractivity contribution in [3.63, 3.8) is 0 Å². The minimum atomic E-state index is -1.08. The topological polar surface area (TPSA) is 115 Å². The molecule has 1 aromatic heterocycles. The molecule has 0 amide bonds. The van der Waals surface area contributed by atoms with Crippen molar-refractivity contribution in [3.05, 3.63) is 18.2 Å². The summed E-state index contributed by atoms with van der Waals surface area (Å²) >= 11 is 0. The van der Waals surface area contributed by atoms with E-state index >= 15 is 0 Å². The van der Waals surface area contributed by atoms with Gasteiger partial charge in [-0.05, 0) is 12.3 Å². The molecule has 0 aromatic carbocycles. The summed E-state index contributed by atoms with van der Waals surface area (Å²) in [6.45, 7) is 3.78. The molecule has 1 heterocycles. The fourth-order valence-electron chi connectivity index (χ4n) is 1.79. The average Bonchev–Trinajstić information content (AvgIpc) is 2.78. The van der Waals surface area contributed by atoms with Crippen LogP contribution in [-0.2, 0) is 16.0 Å². The zero-order valence-corrected chi connectivity index (χ0v) is 11.0. The third-order valence-electron chi connectivity index (χ3n) is 2.68. The molecule has 106 valence electrons. The van der Waals surface area contributed by atoms with Crippen molar-refractivity contribution in [2.24, 2.45) is 5.92 Å². The first-order valence-corrected chi connectivity index (χ1v) is 6.09. The number of hydrogen-bond donors (Lipinski definition) is 4. The summed E-state index contributed by atoms with van der Waals surface area (Å²) < 4.78 is 0. The molecule has 0 aliphatic heterocycles. The van der Waals surface area contributed by atoms with Crippen LogP contribution < -0.4 is 5.32 Å². The Hall–Kier alpha value is -1.89. The van der Waals surface area contributed by atoms with Crippen LogP contribution in [0.3, 0.4) is 0 Å². The standard InChI is InChI=1S/C12H19N3O4/c1-7(2)3-9(11(16)17)15-10(12(18)19)4-8-5-13-6-14-8/h5-7,9-10,15H,3-4H2,1-2H3,(H,13,14)(H,16,17)(H,18,19)/t9-,10-/m0/s1. The Morgan fingerprint density at radius 3 is 2.37 bits per heavy atom. The van der Waals surface area contributed by atoms with Crippen molar-refractivity contribution in [3.8, 4) is 0 Å². The van der Waals surface area contributed by atoms with E-state index in [1.165, 1.54) is 12.5 Å². The monoisotopic (exact) mass is 269 g/mol. The lowest BCUT2D eigenvalue weighted by molar-refractivity contribution is -0.142. The number of hydrogen-bond acceptors (Lipinski definition) is 4. The van der Waals surface area contributed by atoms with Gasteiger partial charge in [0.1, 0.15) is 12.1 Å². The predicted molar refractivity (Wildman–Crippen MR) is 67.7 cm³/mol. The fourth-order valence-corrected chi connectivity index (χ4v) is 1.79. The summed E-state index contributed by atoms with van der Waals surface area (Å²) in [5.41, 5.74) is 0.647. The Morgan fingerprint density at radius 2 is 1.95 bits per heavy atom. The van der Waals surface area contributed by atoms with Gasteiger partial charge >= 0.3 is 11.9 Å². The minimum Gasteiger partial charge on any atom is -0.480 e. The number of carbonyl (C=O) groups is 2. The third kappa shape index (κ3) is 5.09. The molecular weight excluding hydrogens is 250 g/mol. The molecular formula is C12H19N3O4. The molecule has 7 nitrogen and oxygen atoms in total. The van der Waals surface area contributed by atoms with Gasteiger partial charge in [-0.25, -0.2) is 4.98 Å². The Balaban J connectivity index is 2.70. The van der Waals surface area contributed by atoms with Crippen LogP contribution >= 0.6 is 0 Å². The van der Waals surface area contributed by atoms with Gasteiger partial charge in [0.15, 0.2) is 0 Å². The maximum Gasteiger partial charge on any atom is 0.321 e. The molecule has 0 fully saturated rings. The molecule has 0 bridgehead atoms. The van der Waals surface area contributed by atoms with Crippen molar-refractivity contribution in [1.82, 2.24) is 15.3 Å². The summed E-state index contributed by atoms with van der Waals surface area (Å²) in [6.07, 6.45) is 3.52. The molecule has 0 unspecified atom stereocenters. The summed E-state index contributed by atoms with van der Waals surface area (Å²) in [6, 6.07) is -1.83. The molecule has 0 aliphatic carbocycles. The average molecular weight is 269 g/mol. The molecule has 4 N–H and O–H groups in total. The van der Waals surface area contributed by atoms with E-state index in [-0.39, 0.29) is 12.3 Å². The van der Waals surface area contributed by atoms with E-state index in [0.29, 0.717) is 12.1 Å². The van der Waals surface area contributed by atoms with Gasteiger partial charge in [-0.2, -0.15) is 0 Å². The quantitative estimate of drug-likeness (QED) is 0.546. The van der Waals surface area contributed by atoms with Gasteiger partial charge in [0.2, 0.25) is 0 Å². The highest BCUT2D eigenvalue weighted by Gasteiger charge is 2.26. The lowest BCUT2D eigenvalue weighted by Crippen LogP contribution is -2.48. The van der Waals surface area contributed by atoms with Crippen LogP contribution in [0.5, 0.6) is 0 Å². The van der Waals surface area contributed by atoms with Crippen LogP contribution in [-0.4, -0.2) is 44.2 Å². The molecule has 1 rings (SSSR count). The van der Waals surface area contributed by atoms with Gasteiger partial charge in [-0.15, -0.1) is 0 Å². The molecule has 0 saturated carbocycles. The molecule has 7 heteroatoms. The Bertz CT molecular complexity index is 417. The van der Waals surface area contributed by atoms with Gasteiger partial charge < -0.3 is 15.2 Å². The number of aromatic nitrogens is 2. The number of rotatable bonds is 8. The highest BCUT2D eigenvalue weighted by Crippen LogP contribution is 2.08. The number of carboxylic acids is 2. The van der Waals surface area contributed by atoms with Crippen LogP contribution in [0.1, 0.15) is 26.0 Å². The van der Waals surface area contributed by atoms with E-state index in [1.54, 1.807) is 0 Å². The largest absolute Gasteiger partial charge is 0.480 e. The smallest absolute Gasteiger partial charge is 0.321 e. The molecule has 1 aromatic rings. The number of H-pyrrole nitrogens is 1. The second kappa shape index (κ2) is 6.89. The zero-order chi connectivity index (χ0) is 14.4. The van der Waals surface area contributed by atoms with E-state index in [2.05, 4.69) is 15.3 Å². The van der Waals surface area contributed by atoms with Crippen LogP contribution in [0.2, 0.25) is 0 Å². The second-order valence-corrected chi connectivity index (χ2v) is 4.86. The van der Waals surface area contributed by atoms with Gasteiger partial charge in [-0.1, -0.05) is 13.8 Å². The SMILES string of the molecule is CC(C)C[C@H](N[C@@H](Cc1cnc[nH]1)C(=O)O)C(=O)O. The minimum absolute atomic E-state index is 0.162. The molecule has 0 spiro atoms. The molecule has 0 saturated heterocycles. The number of nitrogens with zero attached hydrogens (tertiary/aromatic N) is 1. The molecule has 19 heavy (non-hydrogen) atoms. The predicted octanol–water partition coefficient (Wildman–Crippen LogP) is 0.494. The maximum absolute atomic E-state index is 11.2. The number of carboxylic acid groups (broad SMARTS) is 2. The first kappa shape index (κ1) is 15.2. The van der Waals surface area contributed by atoms with Gasteiger partial charge in [0, 0.05) is 18.3 Å². The van der Waals surface area contributed by atoms with E-state index < -0.39 is 24.0 Å². The lowest BCUT2D eigenvalue weighted by atomic mass is 10.0. The van der Waals surface area contributed by atoms with E-state index in [4.69, 9.17) is 10.2 Å². The summed E-state index contributed by atoms with van der Waals surface area (Å²) in [5, 5.41) is 20.9. The number of imidazole rings is 1. The number of aliphatic carboxylic acids is 2. The van der Waals surface area contributed by atoms with Crippen molar-refractivity contribution in [1.29, 1.82) is 0 Å². The van der Waals surface area contributed by atoms with E-state index in [0.717, 1.165) is 0 Å². The first-order valence-electron chi connectivity index (χ1n) is 6.09. The lowest BCUT2D eigenvalue weighted by Gasteiger charge is -2.21. The Morgan fingerprint density at radius 1 is 1.32 bits per heavy atom. The number of nitrogens with one attached hydrogen (secondary N) is 2. The third-order valence-corrected chi connectivity index (χ3v) is 2.68. The van der Waals surface area contributed by atoms with Crippen LogP contribution in [0.15, 0.2) is 12.5 Å². The molecule has 2 atom stereocenters. The Kier molecular flexibility index (Phi) is 5.50. The van der Waals surface area contributed by atoms with Gasteiger partial charge in [0.25, 0.3) is 0 Å². The zero-order valence-electron chi connectivity index (χ0n) is 11.0. The van der Waals surface area contributed by atoms with Crippen molar-refractivity contribution in [2.75, 3.05) is 0 Å². The summed E-state index contributed by atoms with van der Waals surface area (Å²) in [5.74, 6) is -1.95. The maximum atomic E-state index is 11.2. The normalized spacial score (nSPS) is 14.3. The first-order chi connectivity index (χ1) is 8.90. The van der Waals surface area contributed by atoms with Crippen molar-refractivity contribution < 1.29 is 19.8 Å². The molecule has 0 radical (unpaired) electrons. The van der Waals surface area contributed by atoms with Crippen LogP contribution in [0.25, 0.3) is 0 Å². The van der Waals surface area contributed by atoms with E-state index in [9.17, 15) is 9.59 Å². The summed E-state index contributed by atoms with van der Waals surface area (Å²) in [7, 11) is 0. The van der Waals surface area contributed by atoms with Crippen LogP contribution in [0.4, 0.5) is 0 Å². The highest BCUT2D eigenvalue weighted by molar-refractivity contribution is 5.77. The molecule has 0 aliphatic rings. The van der Waals surface area contributed by atoms with Crippen molar-refractivity contribution in [2.45, 2.75) is 38.8 Å². The van der Waals surface area contributed by atoms with Gasteiger partial charge in [-0.3, -0.25) is 14.9 Å². The van der Waals surface area contributed by atoms with E-state index in [1.807, 2.05) is 13.8 Å². The highest BCUT2D eigenvalue weighted by atomic mass is 16.4. The fraction of sp³-hybridized carbons (Fsp3) is 0.583. The second-order valence-electron chi connectivity index (χ2n) is 4.86. The van der Waals surface area contributed by atoms with Crippen molar-refractivity contribution >= 4 is 11.9 Å². The number of aromatic amines is 1. The van der Waals surface area contributed by atoms with Crippen LogP contribution in [0, 0.1) is 5.92 Å².